The molecule has 6 heteroatoms. The van der Waals surface area contributed by atoms with E-state index in [1.54, 1.807) is 0 Å². The molecule has 6 nitrogen and oxygen atoms in total. The molecule has 0 fully saturated rings. The summed E-state index contributed by atoms with van der Waals surface area (Å²) in [5, 5.41) is 3.36. The topological polar surface area (TPSA) is 84.1 Å². The number of carbonyl (C=O) groups excluding carboxylic acids is 1. The number of rotatable bonds is 6. The van der Waals surface area contributed by atoms with Crippen LogP contribution >= 0.6 is 0 Å². The first kappa shape index (κ1) is 18.0. The number of nitrogens with zero attached hydrogens (tertiary/aromatic N) is 3. The van der Waals surface area contributed by atoms with Gasteiger partial charge in [-0.15, -0.1) is 0 Å². The number of unbranched alkanes of at least 4 members (excludes halogenated alkanes) is 1. The molecule has 2 rings (SSSR count). The van der Waals surface area contributed by atoms with E-state index in [-0.39, 0.29) is 11.9 Å². The van der Waals surface area contributed by atoms with E-state index in [4.69, 9.17) is 5.73 Å². The van der Waals surface area contributed by atoms with Gasteiger partial charge in [0.05, 0.1) is 12.2 Å². The molecule has 1 aromatic rings. The summed E-state index contributed by atoms with van der Waals surface area (Å²) in [6.07, 6.45) is 8.49. The molecular weight excluding hydrogens is 302 g/mol. The minimum Gasteiger partial charge on any atom is -0.370 e. The fourth-order valence-corrected chi connectivity index (χ4v) is 2.81. The molecule has 0 bridgehead atoms. The third-order valence-corrected chi connectivity index (χ3v) is 4.10. The number of anilines is 2. The van der Waals surface area contributed by atoms with Gasteiger partial charge in [0, 0.05) is 24.2 Å². The van der Waals surface area contributed by atoms with Crippen LogP contribution in [-0.4, -0.2) is 33.9 Å². The summed E-state index contributed by atoms with van der Waals surface area (Å²) >= 11 is 0. The predicted molar refractivity (Wildman–Crippen MR) is 97.5 cm³/mol. The summed E-state index contributed by atoms with van der Waals surface area (Å²) in [6, 6.07) is 0. The van der Waals surface area contributed by atoms with Crippen LogP contribution in [-0.2, 0) is 17.8 Å². The third-order valence-electron chi connectivity index (χ3n) is 4.10. The molecule has 130 valence electrons. The SMILES string of the molecule is C/C=C\C(=C/C)C(=O)N1CCc2c(nc(N)nc2NCCCC)C1. The number of hydrogen-bond acceptors (Lipinski definition) is 5. The standard InChI is InChI=1S/C18H27N5O/c1-4-7-10-20-16-14-9-11-23(12-15(14)21-18(19)22-16)17(24)13(6-3)8-5-2/h5-6,8H,4,7,9-12H2,1-3H3,(H3,19,20,21,22)/b8-5-,13-6+. The van der Waals surface area contributed by atoms with Crippen LogP contribution < -0.4 is 11.1 Å². The lowest BCUT2D eigenvalue weighted by Crippen LogP contribution is -2.37. The summed E-state index contributed by atoms with van der Waals surface area (Å²) < 4.78 is 0. The van der Waals surface area contributed by atoms with Gasteiger partial charge in [0.15, 0.2) is 0 Å². The molecule has 0 saturated carbocycles. The van der Waals surface area contributed by atoms with Crippen molar-refractivity contribution in [1.29, 1.82) is 0 Å². The third kappa shape index (κ3) is 4.13. The highest BCUT2D eigenvalue weighted by Crippen LogP contribution is 2.25. The molecular formula is C18H27N5O. The van der Waals surface area contributed by atoms with Crippen molar-refractivity contribution in [2.45, 2.75) is 46.6 Å². The minimum absolute atomic E-state index is 0.0268. The molecule has 0 aromatic carbocycles. The first-order valence-corrected chi connectivity index (χ1v) is 8.58. The van der Waals surface area contributed by atoms with Gasteiger partial charge in [0.1, 0.15) is 5.82 Å². The molecule has 0 atom stereocenters. The van der Waals surface area contributed by atoms with Gasteiger partial charge in [-0.1, -0.05) is 31.6 Å². The van der Waals surface area contributed by atoms with Crippen LogP contribution in [0.3, 0.4) is 0 Å². The average molecular weight is 329 g/mol. The molecule has 24 heavy (non-hydrogen) atoms. The van der Waals surface area contributed by atoms with Crippen molar-refractivity contribution in [2.75, 3.05) is 24.1 Å². The molecule has 1 aliphatic rings. The first-order chi connectivity index (χ1) is 11.6. The summed E-state index contributed by atoms with van der Waals surface area (Å²) in [7, 11) is 0. The van der Waals surface area contributed by atoms with Crippen LogP contribution in [0.4, 0.5) is 11.8 Å². The maximum absolute atomic E-state index is 12.6. The number of allylic oxidation sites excluding steroid dienone is 2. The Labute approximate surface area is 143 Å². The largest absolute Gasteiger partial charge is 0.370 e. The van der Waals surface area contributed by atoms with Gasteiger partial charge < -0.3 is 16.0 Å². The number of nitrogen functional groups attached to an aromatic ring is 1. The second kappa shape index (κ2) is 8.47. The zero-order chi connectivity index (χ0) is 17.5. The Hall–Kier alpha value is -2.37. The average Bonchev–Trinajstić information content (AvgIpc) is 2.58. The van der Waals surface area contributed by atoms with Gasteiger partial charge >= 0.3 is 0 Å². The summed E-state index contributed by atoms with van der Waals surface area (Å²) in [4.78, 5) is 23.1. The zero-order valence-corrected chi connectivity index (χ0v) is 14.8. The molecule has 0 unspecified atom stereocenters. The lowest BCUT2D eigenvalue weighted by molar-refractivity contribution is -0.127. The number of hydrogen-bond donors (Lipinski definition) is 2. The van der Waals surface area contributed by atoms with Gasteiger partial charge in [-0.3, -0.25) is 4.79 Å². The van der Waals surface area contributed by atoms with Crippen molar-refractivity contribution in [3.63, 3.8) is 0 Å². The lowest BCUT2D eigenvalue weighted by atomic mass is 10.0. The molecule has 3 N–H and O–H groups in total. The van der Waals surface area contributed by atoms with Crippen LogP contribution in [0, 0.1) is 0 Å². The van der Waals surface area contributed by atoms with E-state index < -0.39 is 0 Å². The zero-order valence-electron chi connectivity index (χ0n) is 14.8. The quantitative estimate of drug-likeness (QED) is 0.476. The lowest BCUT2D eigenvalue weighted by Gasteiger charge is -2.29. The molecule has 0 saturated heterocycles. The number of nitrogens with one attached hydrogen (secondary N) is 1. The second-order valence-electron chi connectivity index (χ2n) is 5.86. The molecule has 1 aliphatic heterocycles. The van der Waals surface area contributed by atoms with Gasteiger partial charge in [-0.2, -0.15) is 4.98 Å². The van der Waals surface area contributed by atoms with Crippen molar-refractivity contribution in [1.82, 2.24) is 14.9 Å². The maximum atomic E-state index is 12.6. The summed E-state index contributed by atoms with van der Waals surface area (Å²) in [5.41, 5.74) is 8.48. The number of carbonyl (C=O) groups is 1. The van der Waals surface area contributed by atoms with Crippen molar-refractivity contribution in [3.05, 3.63) is 35.1 Å². The number of nitrogens with two attached hydrogens (primary N) is 1. The fraction of sp³-hybridized carbons (Fsp3) is 0.500. The van der Waals surface area contributed by atoms with Gasteiger partial charge in [-0.05, 0) is 26.7 Å². The molecule has 0 aliphatic carbocycles. The van der Waals surface area contributed by atoms with Crippen LogP contribution in [0.5, 0.6) is 0 Å². The van der Waals surface area contributed by atoms with E-state index in [1.165, 1.54) is 0 Å². The van der Waals surface area contributed by atoms with E-state index in [2.05, 4.69) is 22.2 Å². The predicted octanol–water partition coefficient (Wildman–Crippen LogP) is 2.68. The van der Waals surface area contributed by atoms with Crippen LogP contribution in [0.25, 0.3) is 0 Å². The Kier molecular flexibility index (Phi) is 6.35. The highest BCUT2D eigenvalue weighted by atomic mass is 16.2. The van der Waals surface area contributed by atoms with Gasteiger partial charge in [0.25, 0.3) is 5.91 Å². The number of fused-ring (bicyclic) bond motifs is 1. The normalized spacial score (nSPS) is 14.8. The van der Waals surface area contributed by atoms with Crippen molar-refractivity contribution in [2.24, 2.45) is 0 Å². The number of aromatic nitrogens is 2. The van der Waals surface area contributed by atoms with Crippen molar-refractivity contribution < 1.29 is 4.79 Å². The molecule has 2 heterocycles. The highest BCUT2D eigenvalue weighted by molar-refractivity contribution is 5.96. The van der Waals surface area contributed by atoms with E-state index in [1.807, 2.05) is 37.0 Å². The maximum Gasteiger partial charge on any atom is 0.253 e. The number of amides is 1. The van der Waals surface area contributed by atoms with Crippen LogP contribution in [0.2, 0.25) is 0 Å². The molecule has 0 spiro atoms. The van der Waals surface area contributed by atoms with E-state index in [9.17, 15) is 4.79 Å². The molecule has 1 aromatic heterocycles. The van der Waals surface area contributed by atoms with Gasteiger partial charge in [0.2, 0.25) is 5.95 Å². The minimum atomic E-state index is 0.0268. The first-order valence-electron chi connectivity index (χ1n) is 8.58. The Morgan fingerprint density at radius 3 is 2.83 bits per heavy atom. The van der Waals surface area contributed by atoms with E-state index >= 15 is 0 Å². The van der Waals surface area contributed by atoms with Gasteiger partial charge in [-0.25, -0.2) is 4.98 Å². The second-order valence-corrected chi connectivity index (χ2v) is 5.86. The summed E-state index contributed by atoms with van der Waals surface area (Å²) in [6.45, 7) is 7.94. The fourth-order valence-electron chi connectivity index (χ4n) is 2.81. The van der Waals surface area contributed by atoms with Crippen molar-refractivity contribution >= 4 is 17.7 Å². The summed E-state index contributed by atoms with van der Waals surface area (Å²) in [5.74, 6) is 1.10. The molecule has 0 radical (unpaired) electrons. The highest BCUT2D eigenvalue weighted by Gasteiger charge is 2.25. The molecule has 1 amide bonds. The van der Waals surface area contributed by atoms with Crippen LogP contribution in [0.1, 0.15) is 44.9 Å². The Morgan fingerprint density at radius 2 is 2.17 bits per heavy atom. The monoisotopic (exact) mass is 329 g/mol. The van der Waals surface area contributed by atoms with Crippen molar-refractivity contribution in [3.8, 4) is 0 Å². The van der Waals surface area contributed by atoms with Crippen LogP contribution in [0.15, 0.2) is 23.8 Å². The smallest absolute Gasteiger partial charge is 0.253 e. The Balaban J connectivity index is 2.20. The van der Waals surface area contributed by atoms with E-state index in [0.717, 1.165) is 42.9 Å². The van der Waals surface area contributed by atoms with E-state index in [0.29, 0.717) is 18.7 Å². The Bertz CT molecular complexity index is 651. The Morgan fingerprint density at radius 1 is 1.38 bits per heavy atom.